The minimum atomic E-state index is 0.286. The third-order valence-electron chi connectivity index (χ3n) is 4.93. The lowest BCUT2D eigenvalue weighted by Crippen LogP contribution is -2.05. The molecule has 0 radical (unpaired) electrons. The van der Waals surface area contributed by atoms with E-state index in [0.29, 0.717) is 17.6 Å². The predicted molar refractivity (Wildman–Crippen MR) is 126 cm³/mol. The molecule has 0 saturated carbocycles. The van der Waals surface area contributed by atoms with Crippen LogP contribution in [0, 0.1) is 5.92 Å². The largest absolute Gasteiger partial charge is 0.400 e. The number of rotatable bonds is 10. The van der Waals surface area contributed by atoms with E-state index in [1.807, 2.05) is 19.3 Å². The molecule has 2 rings (SSSR count). The Labute approximate surface area is 184 Å². The fourth-order valence-electron chi connectivity index (χ4n) is 2.74. The van der Waals surface area contributed by atoms with E-state index in [9.17, 15) is 0 Å². The number of thioether (sulfide) groups is 1. The highest BCUT2D eigenvalue weighted by atomic mass is 32.2. The van der Waals surface area contributed by atoms with Crippen LogP contribution in [-0.4, -0.2) is 26.4 Å². The van der Waals surface area contributed by atoms with Gasteiger partial charge in [-0.3, -0.25) is 4.99 Å². The molecule has 0 aliphatic carbocycles. The van der Waals surface area contributed by atoms with E-state index in [0.717, 1.165) is 46.2 Å². The molecule has 2 heterocycles. The van der Waals surface area contributed by atoms with Crippen LogP contribution in [0.3, 0.4) is 0 Å². The van der Waals surface area contributed by atoms with Crippen LogP contribution in [0.4, 0.5) is 0 Å². The van der Waals surface area contributed by atoms with Crippen LogP contribution in [-0.2, 0) is 12.2 Å². The van der Waals surface area contributed by atoms with Crippen LogP contribution in [0.2, 0.25) is 0 Å². The highest BCUT2D eigenvalue weighted by Crippen LogP contribution is 2.26. The van der Waals surface area contributed by atoms with Gasteiger partial charge in [0.15, 0.2) is 0 Å². The fraction of sp³-hybridized carbons (Fsp3) is 0.522. The number of hydrogen-bond donors (Lipinski definition) is 1. The lowest BCUT2D eigenvalue weighted by atomic mass is 9.96. The van der Waals surface area contributed by atoms with Crippen LogP contribution >= 0.6 is 11.8 Å². The number of aromatic nitrogens is 4. The summed E-state index contributed by atoms with van der Waals surface area (Å²) >= 11 is 1.60. The zero-order valence-electron chi connectivity index (χ0n) is 19.0. The van der Waals surface area contributed by atoms with E-state index in [-0.39, 0.29) is 5.92 Å². The zero-order chi connectivity index (χ0) is 22.1. The number of nitrogens with two attached hydrogens (primary N) is 1. The van der Waals surface area contributed by atoms with E-state index in [4.69, 9.17) is 5.73 Å². The van der Waals surface area contributed by atoms with Crippen molar-refractivity contribution in [2.24, 2.45) is 16.6 Å². The summed E-state index contributed by atoms with van der Waals surface area (Å²) in [4.78, 5) is 13.4. The molecule has 0 saturated heterocycles. The molecule has 2 aromatic rings. The standard InChI is InChI=1S/C23H34N6S/c1-7-16(4)11-25-23(18(6)24)30-13-21-9-19(12-28-29-21)17(5)8-20-10-22(15(2)3)27-14-26-20/h9-12,14-17H,7-8,13,24H2,1-6H3/b23-18+,25-11?. The topological polar surface area (TPSA) is 89.9 Å². The van der Waals surface area contributed by atoms with Crippen LogP contribution < -0.4 is 5.73 Å². The Morgan fingerprint density at radius 3 is 2.60 bits per heavy atom. The van der Waals surface area contributed by atoms with Gasteiger partial charge in [-0.15, -0.1) is 0 Å². The molecule has 2 aromatic heterocycles. The van der Waals surface area contributed by atoms with Crippen molar-refractivity contribution in [2.75, 3.05) is 0 Å². The van der Waals surface area contributed by atoms with E-state index >= 15 is 0 Å². The molecule has 0 aromatic carbocycles. The first-order valence-electron chi connectivity index (χ1n) is 10.6. The lowest BCUT2D eigenvalue weighted by molar-refractivity contribution is 0.715. The molecule has 6 nitrogen and oxygen atoms in total. The van der Waals surface area contributed by atoms with Crippen molar-refractivity contribution in [1.29, 1.82) is 0 Å². The summed E-state index contributed by atoms with van der Waals surface area (Å²) in [5.74, 6) is 1.79. The van der Waals surface area contributed by atoms with Crippen LogP contribution in [0.15, 0.2) is 40.4 Å². The van der Waals surface area contributed by atoms with Gasteiger partial charge in [0.05, 0.1) is 11.9 Å². The monoisotopic (exact) mass is 426 g/mol. The Hall–Kier alpha value is -2.28. The molecule has 2 unspecified atom stereocenters. The Morgan fingerprint density at radius 1 is 1.17 bits per heavy atom. The van der Waals surface area contributed by atoms with Crippen molar-refractivity contribution < 1.29 is 0 Å². The first kappa shape index (κ1) is 24.0. The maximum Gasteiger partial charge on any atom is 0.115 e. The quantitative estimate of drug-likeness (QED) is 0.523. The van der Waals surface area contributed by atoms with Crippen molar-refractivity contribution in [3.63, 3.8) is 0 Å². The number of allylic oxidation sites excluding steroid dienone is 1. The van der Waals surface area contributed by atoms with Gasteiger partial charge < -0.3 is 5.73 Å². The molecule has 0 aliphatic heterocycles. The molecule has 0 amide bonds. The Morgan fingerprint density at radius 2 is 1.93 bits per heavy atom. The van der Waals surface area contributed by atoms with E-state index in [2.05, 4.69) is 71.9 Å². The minimum absolute atomic E-state index is 0.286. The van der Waals surface area contributed by atoms with Crippen LogP contribution in [0.25, 0.3) is 0 Å². The van der Waals surface area contributed by atoms with Crippen LogP contribution in [0.1, 0.15) is 82.4 Å². The number of aliphatic imine (C=N–C) groups is 1. The second-order valence-corrected chi connectivity index (χ2v) is 9.08. The molecule has 7 heteroatoms. The van der Waals surface area contributed by atoms with Crippen molar-refractivity contribution in [3.8, 4) is 0 Å². The molecule has 2 N–H and O–H groups in total. The molecular weight excluding hydrogens is 392 g/mol. The predicted octanol–water partition coefficient (Wildman–Crippen LogP) is 5.23. The molecule has 2 atom stereocenters. The highest BCUT2D eigenvalue weighted by Gasteiger charge is 2.12. The first-order chi connectivity index (χ1) is 14.3. The van der Waals surface area contributed by atoms with Crippen molar-refractivity contribution in [2.45, 2.75) is 72.0 Å². The van der Waals surface area contributed by atoms with Gasteiger partial charge in [0.1, 0.15) is 11.4 Å². The molecule has 0 fully saturated rings. The molecule has 162 valence electrons. The molecular formula is C23H34N6S. The minimum Gasteiger partial charge on any atom is -0.400 e. The molecule has 0 aliphatic rings. The third-order valence-corrected chi connectivity index (χ3v) is 6.07. The van der Waals surface area contributed by atoms with Gasteiger partial charge in [-0.25, -0.2) is 9.97 Å². The summed E-state index contributed by atoms with van der Waals surface area (Å²) in [6.45, 7) is 12.7. The zero-order valence-corrected chi connectivity index (χ0v) is 19.8. The molecule has 30 heavy (non-hydrogen) atoms. The summed E-state index contributed by atoms with van der Waals surface area (Å²) in [5, 5.41) is 9.36. The average Bonchev–Trinajstić information content (AvgIpc) is 2.73. The molecule has 0 bridgehead atoms. The Kier molecular flexibility index (Phi) is 9.43. The first-order valence-corrected chi connectivity index (χ1v) is 11.5. The van der Waals surface area contributed by atoms with E-state index in [1.165, 1.54) is 0 Å². The van der Waals surface area contributed by atoms with Crippen LogP contribution in [0.5, 0.6) is 0 Å². The summed E-state index contributed by atoms with van der Waals surface area (Å²) < 4.78 is 0. The summed E-state index contributed by atoms with van der Waals surface area (Å²) in [6.07, 6.45) is 7.37. The lowest BCUT2D eigenvalue weighted by Gasteiger charge is -2.13. The fourth-order valence-corrected chi connectivity index (χ4v) is 3.53. The van der Waals surface area contributed by atoms with E-state index in [1.54, 1.807) is 18.1 Å². The smallest absolute Gasteiger partial charge is 0.115 e. The second-order valence-electron chi connectivity index (χ2n) is 8.11. The van der Waals surface area contributed by atoms with Gasteiger partial charge in [0.25, 0.3) is 0 Å². The highest BCUT2D eigenvalue weighted by molar-refractivity contribution is 8.02. The summed E-state index contributed by atoms with van der Waals surface area (Å²) in [7, 11) is 0. The van der Waals surface area contributed by atoms with Gasteiger partial charge in [-0.05, 0) is 55.2 Å². The Balaban J connectivity index is 2.05. The van der Waals surface area contributed by atoms with Gasteiger partial charge in [-0.2, -0.15) is 10.2 Å². The Bertz CT molecular complexity index is 874. The van der Waals surface area contributed by atoms with Gasteiger partial charge in [0.2, 0.25) is 0 Å². The third kappa shape index (κ3) is 7.52. The van der Waals surface area contributed by atoms with Crippen molar-refractivity contribution in [3.05, 3.63) is 58.0 Å². The average molecular weight is 427 g/mol. The maximum atomic E-state index is 6.02. The van der Waals surface area contributed by atoms with Gasteiger partial charge in [-0.1, -0.05) is 46.4 Å². The number of nitrogens with zero attached hydrogens (tertiary/aromatic N) is 5. The summed E-state index contributed by atoms with van der Waals surface area (Å²) in [6, 6.07) is 4.22. The SMILES string of the molecule is CCC(C)C=N/C(SCc1cc(C(C)Cc2cc(C(C)C)ncn2)cnn1)=C(/C)N. The van der Waals surface area contributed by atoms with Gasteiger partial charge in [0, 0.05) is 29.1 Å². The maximum absolute atomic E-state index is 6.02. The van der Waals surface area contributed by atoms with E-state index < -0.39 is 0 Å². The van der Waals surface area contributed by atoms with Crippen molar-refractivity contribution in [1.82, 2.24) is 20.2 Å². The normalized spacial score (nSPS) is 14.8. The van der Waals surface area contributed by atoms with Crippen molar-refractivity contribution >= 4 is 18.0 Å². The van der Waals surface area contributed by atoms with Gasteiger partial charge >= 0.3 is 0 Å². The summed E-state index contributed by atoms with van der Waals surface area (Å²) in [5.41, 5.74) is 11.0. The molecule has 0 spiro atoms. The number of hydrogen-bond acceptors (Lipinski definition) is 7. The second kappa shape index (κ2) is 11.8.